The van der Waals surface area contributed by atoms with E-state index >= 15 is 0 Å². The fourth-order valence-corrected chi connectivity index (χ4v) is 4.08. The molecule has 0 aromatic heterocycles. The van der Waals surface area contributed by atoms with E-state index in [1.807, 2.05) is 30.3 Å². The predicted molar refractivity (Wildman–Crippen MR) is 70.8 cm³/mol. The van der Waals surface area contributed by atoms with E-state index in [9.17, 15) is 8.42 Å². The van der Waals surface area contributed by atoms with E-state index in [0.717, 1.165) is 18.4 Å². The van der Waals surface area contributed by atoms with Crippen LogP contribution in [-0.4, -0.2) is 14.2 Å². The molecule has 0 bridgehead atoms. The first-order chi connectivity index (χ1) is 8.06. The molecule has 1 atom stereocenters. The lowest BCUT2D eigenvalue weighted by Gasteiger charge is -2.22. The second-order valence-corrected chi connectivity index (χ2v) is 7.59. The summed E-state index contributed by atoms with van der Waals surface area (Å²) in [6.45, 7) is 0. The van der Waals surface area contributed by atoms with Crippen LogP contribution in [0.25, 0.3) is 0 Å². The number of hydrogen-bond acceptors (Lipinski definition) is 2. The van der Waals surface area contributed by atoms with Gasteiger partial charge in [0.05, 0.1) is 5.75 Å². The third kappa shape index (κ3) is 3.71. The largest absolute Gasteiger partial charge is 0.233 e. The minimum atomic E-state index is -3.44. The van der Waals surface area contributed by atoms with E-state index < -0.39 is 9.05 Å². The van der Waals surface area contributed by atoms with Gasteiger partial charge in [-0.2, -0.15) is 0 Å². The van der Waals surface area contributed by atoms with Gasteiger partial charge in [0.2, 0.25) is 9.05 Å². The molecule has 2 rings (SSSR count). The number of benzene rings is 1. The second-order valence-electron chi connectivity index (χ2n) is 4.77. The highest BCUT2D eigenvalue weighted by Gasteiger charge is 2.29. The van der Waals surface area contributed by atoms with Crippen LogP contribution < -0.4 is 0 Å². The van der Waals surface area contributed by atoms with Crippen LogP contribution in [0.2, 0.25) is 0 Å². The average molecular weight is 273 g/mol. The standard InChI is InChI=1S/C13H17ClO2S/c14-17(15,16)10-13(12-8-4-5-9-12)11-6-2-1-3-7-11/h1-3,6-7,12-13H,4-5,8-10H2. The van der Waals surface area contributed by atoms with E-state index in [4.69, 9.17) is 10.7 Å². The zero-order valence-electron chi connectivity index (χ0n) is 9.68. The molecule has 0 heterocycles. The Labute approximate surface area is 107 Å². The Morgan fingerprint density at radius 3 is 2.29 bits per heavy atom. The zero-order valence-corrected chi connectivity index (χ0v) is 11.3. The number of rotatable bonds is 4. The van der Waals surface area contributed by atoms with Crippen LogP contribution in [0.4, 0.5) is 0 Å². The summed E-state index contributed by atoms with van der Waals surface area (Å²) in [6, 6.07) is 9.87. The van der Waals surface area contributed by atoms with Gasteiger partial charge in [-0.05, 0) is 24.3 Å². The smallest absolute Gasteiger partial charge is 0.212 e. The van der Waals surface area contributed by atoms with Crippen LogP contribution in [0.5, 0.6) is 0 Å². The van der Waals surface area contributed by atoms with Crippen LogP contribution in [-0.2, 0) is 9.05 Å². The Balaban J connectivity index is 2.23. The average Bonchev–Trinajstić information content (AvgIpc) is 2.79. The zero-order chi connectivity index (χ0) is 12.3. The Morgan fingerprint density at radius 2 is 1.76 bits per heavy atom. The Bertz CT molecular complexity index is 450. The maximum Gasteiger partial charge on any atom is 0.233 e. The highest BCUT2D eigenvalue weighted by molar-refractivity contribution is 8.13. The third-order valence-corrected chi connectivity index (χ3v) is 4.71. The van der Waals surface area contributed by atoms with Crippen molar-refractivity contribution in [2.45, 2.75) is 31.6 Å². The Morgan fingerprint density at radius 1 is 1.18 bits per heavy atom. The fraction of sp³-hybridized carbons (Fsp3) is 0.538. The van der Waals surface area contributed by atoms with Gasteiger partial charge in [-0.15, -0.1) is 0 Å². The molecule has 0 N–H and O–H groups in total. The maximum atomic E-state index is 11.3. The number of hydrogen-bond donors (Lipinski definition) is 0. The molecule has 17 heavy (non-hydrogen) atoms. The minimum Gasteiger partial charge on any atom is -0.212 e. The molecule has 2 nitrogen and oxygen atoms in total. The lowest BCUT2D eigenvalue weighted by atomic mass is 9.86. The van der Waals surface area contributed by atoms with Crippen molar-refractivity contribution in [2.75, 3.05) is 5.75 Å². The van der Waals surface area contributed by atoms with Gasteiger partial charge in [-0.25, -0.2) is 8.42 Å². The second kappa shape index (κ2) is 5.40. The van der Waals surface area contributed by atoms with Gasteiger partial charge in [-0.1, -0.05) is 43.2 Å². The van der Waals surface area contributed by atoms with E-state index in [2.05, 4.69) is 0 Å². The predicted octanol–water partition coefficient (Wildman–Crippen LogP) is 3.53. The summed E-state index contributed by atoms with van der Waals surface area (Å²) in [5, 5.41) is 0. The lowest BCUT2D eigenvalue weighted by Crippen LogP contribution is -2.17. The maximum absolute atomic E-state index is 11.3. The molecule has 1 saturated carbocycles. The van der Waals surface area contributed by atoms with Crippen molar-refractivity contribution in [1.29, 1.82) is 0 Å². The fourth-order valence-electron chi connectivity index (χ4n) is 2.78. The van der Waals surface area contributed by atoms with Crippen molar-refractivity contribution in [3.05, 3.63) is 35.9 Å². The normalized spacial score (nSPS) is 19.4. The van der Waals surface area contributed by atoms with Gasteiger partial charge < -0.3 is 0 Å². The van der Waals surface area contributed by atoms with Gasteiger partial charge in [0.15, 0.2) is 0 Å². The molecule has 1 fully saturated rings. The van der Waals surface area contributed by atoms with Gasteiger partial charge in [0, 0.05) is 16.6 Å². The van der Waals surface area contributed by atoms with E-state index in [1.165, 1.54) is 12.8 Å². The van der Waals surface area contributed by atoms with E-state index in [-0.39, 0.29) is 11.7 Å². The molecule has 0 saturated heterocycles. The van der Waals surface area contributed by atoms with Crippen molar-refractivity contribution in [3.8, 4) is 0 Å². The molecule has 1 unspecified atom stereocenters. The van der Waals surface area contributed by atoms with Crippen LogP contribution >= 0.6 is 10.7 Å². The summed E-state index contributed by atoms with van der Waals surface area (Å²) in [6.07, 6.45) is 4.64. The first kappa shape index (κ1) is 12.9. The molecule has 0 spiro atoms. The van der Waals surface area contributed by atoms with Crippen molar-refractivity contribution in [3.63, 3.8) is 0 Å². The first-order valence-electron chi connectivity index (χ1n) is 6.03. The molecule has 0 aliphatic heterocycles. The van der Waals surface area contributed by atoms with Crippen molar-refractivity contribution >= 4 is 19.7 Å². The van der Waals surface area contributed by atoms with Gasteiger partial charge >= 0.3 is 0 Å². The van der Waals surface area contributed by atoms with E-state index in [1.54, 1.807) is 0 Å². The molecule has 0 radical (unpaired) electrons. The quantitative estimate of drug-likeness (QED) is 0.786. The Hall–Kier alpha value is -0.540. The van der Waals surface area contributed by atoms with Gasteiger partial charge in [0.1, 0.15) is 0 Å². The molecule has 1 aromatic carbocycles. The summed E-state index contributed by atoms with van der Waals surface area (Å²) in [7, 11) is 1.99. The van der Waals surface area contributed by atoms with E-state index in [0.29, 0.717) is 5.92 Å². The molecule has 4 heteroatoms. The van der Waals surface area contributed by atoms with Crippen LogP contribution in [0, 0.1) is 5.92 Å². The van der Waals surface area contributed by atoms with Gasteiger partial charge in [0.25, 0.3) is 0 Å². The van der Waals surface area contributed by atoms with Crippen LogP contribution in [0.1, 0.15) is 37.2 Å². The third-order valence-electron chi connectivity index (χ3n) is 3.58. The van der Waals surface area contributed by atoms with Crippen LogP contribution in [0.15, 0.2) is 30.3 Å². The molecule has 1 aromatic rings. The van der Waals surface area contributed by atoms with Gasteiger partial charge in [-0.3, -0.25) is 0 Å². The molecular weight excluding hydrogens is 256 g/mol. The monoisotopic (exact) mass is 272 g/mol. The topological polar surface area (TPSA) is 34.1 Å². The molecule has 94 valence electrons. The summed E-state index contributed by atoms with van der Waals surface area (Å²) >= 11 is 0. The van der Waals surface area contributed by atoms with Crippen LogP contribution in [0.3, 0.4) is 0 Å². The summed E-state index contributed by atoms with van der Waals surface area (Å²) in [5.74, 6) is 0.579. The summed E-state index contributed by atoms with van der Waals surface area (Å²) in [4.78, 5) is 0. The number of halogens is 1. The molecular formula is C13H17ClO2S. The first-order valence-corrected chi connectivity index (χ1v) is 8.51. The molecule has 0 amide bonds. The lowest BCUT2D eigenvalue weighted by molar-refractivity contribution is 0.459. The Kier molecular flexibility index (Phi) is 4.10. The SMILES string of the molecule is O=S(=O)(Cl)CC(c1ccccc1)C1CCCC1. The van der Waals surface area contributed by atoms with Crippen molar-refractivity contribution in [2.24, 2.45) is 5.92 Å². The minimum absolute atomic E-state index is 0.0567. The molecule has 1 aliphatic carbocycles. The molecule has 1 aliphatic rings. The highest BCUT2D eigenvalue weighted by Crippen LogP contribution is 2.38. The van der Waals surface area contributed by atoms with Crippen molar-refractivity contribution in [1.82, 2.24) is 0 Å². The highest BCUT2D eigenvalue weighted by atomic mass is 35.7. The van der Waals surface area contributed by atoms with Crippen molar-refractivity contribution < 1.29 is 8.42 Å². The summed E-state index contributed by atoms with van der Waals surface area (Å²) < 4.78 is 22.7. The summed E-state index contributed by atoms with van der Waals surface area (Å²) in [5.41, 5.74) is 1.10.